The highest BCUT2D eigenvalue weighted by Gasteiger charge is 2.46. The summed E-state index contributed by atoms with van der Waals surface area (Å²) in [5, 5.41) is 0. The van der Waals surface area contributed by atoms with Gasteiger partial charge in [-0.05, 0) is 44.7 Å². The fourth-order valence-corrected chi connectivity index (χ4v) is 4.33. The van der Waals surface area contributed by atoms with Crippen LogP contribution < -0.4 is 0 Å². The summed E-state index contributed by atoms with van der Waals surface area (Å²) in [6.45, 7) is 5.03. The lowest BCUT2D eigenvalue weighted by Crippen LogP contribution is -2.43. The predicted molar refractivity (Wildman–Crippen MR) is 85.2 cm³/mol. The van der Waals surface area contributed by atoms with Crippen LogP contribution >= 0.6 is 0 Å². The zero-order chi connectivity index (χ0) is 15.1. The normalized spacial score (nSPS) is 28.7. The van der Waals surface area contributed by atoms with Gasteiger partial charge in [0, 0.05) is 43.3 Å². The number of likely N-dealkylation sites (tertiary alicyclic amines) is 2. The van der Waals surface area contributed by atoms with Crippen LogP contribution in [0.1, 0.15) is 43.5 Å². The number of pyridine rings is 1. The molecule has 0 bridgehead atoms. The van der Waals surface area contributed by atoms with Gasteiger partial charge in [-0.2, -0.15) is 0 Å². The number of fused-ring (bicyclic) bond motifs is 1. The van der Waals surface area contributed by atoms with Gasteiger partial charge in [-0.1, -0.05) is 12.5 Å². The van der Waals surface area contributed by atoms with E-state index in [1.54, 1.807) is 0 Å². The minimum absolute atomic E-state index is 0.339. The summed E-state index contributed by atoms with van der Waals surface area (Å²) in [6, 6.07) is 7.26. The second kappa shape index (κ2) is 5.65. The molecule has 4 heteroatoms. The van der Waals surface area contributed by atoms with Gasteiger partial charge >= 0.3 is 0 Å². The van der Waals surface area contributed by atoms with E-state index in [0.717, 1.165) is 56.7 Å². The van der Waals surface area contributed by atoms with Crippen molar-refractivity contribution in [2.75, 3.05) is 13.1 Å². The first kappa shape index (κ1) is 14.2. The summed E-state index contributed by atoms with van der Waals surface area (Å²) in [5.74, 6) is 0.778. The Hall–Kier alpha value is -1.42. The molecule has 4 rings (SSSR count). The molecule has 22 heavy (non-hydrogen) atoms. The van der Waals surface area contributed by atoms with E-state index in [1.807, 2.05) is 13.0 Å². The molecule has 4 nitrogen and oxygen atoms in total. The van der Waals surface area contributed by atoms with Crippen molar-refractivity contribution in [1.29, 1.82) is 0 Å². The van der Waals surface area contributed by atoms with Crippen molar-refractivity contribution in [2.45, 2.75) is 57.7 Å². The van der Waals surface area contributed by atoms with E-state index in [4.69, 9.17) is 0 Å². The van der Waals surface area contributed by atoms with E-state index >= 15 is 0 Å². The Morgan fingerprint density at radius 3 is 2.73 bits per heavy atom. The lowest BCUT2D eigenvalue weighted by molar-refractivity contribution is -0.139. The summed E-state index contributed by atoms with van der Waals surface area (Å²) >= 11 is 0. The molecule has 1 aromatic heterocycles. The minimum Gasteiger partial charge on any atom is -0.338 e. The van der Waals surface area contributed by atoms with Crippen molar-refractivity contribution in [3.8, 4) is 0 Å². The van der Waals surface area contributed by atoms with Gasteiger partial charge < -0.3 is 4.90 Å². The molecular weight excluding hydrogens is 274 g/mol. The van der Waals surface area contributed by atoms with Crippen molar-refractivity contribution in [1.82, 2.24) is 14.8 Å². The topological polar surface area (TPSA) is 36.4 Å². The lowest BCUT2D eigenvalue weighted by atomic mass is 9.84. The summed E-state index contributed by atoms with van der Waals surface area (Å²) in [5.41, 5.74) is 2.24. The average Bonchev–Trinajstić information content (AvgIpc) is 3.00. The number of carbonyl (C=O) groups excluding carboxylic acids is 1. The van der Waals surface area contributed by atoms with Gasteiger partial charge in [0.1, 0.15) is 0 Å². The molecule has 3 aliphatic rings. The zero-order valence-electron chi connectivity index (χ0n) is 13.4. The summed E-state index contributed by atoms with van der Waals surface area (Å²) in [7, 11) is 0. The standard InChI is InChI=1S/C18H25N3O/c1-13-4-2-7-15(19-13)12-20-10-8-17-16(20)9-11-21(17)18(22)14-5-3-6-14/h2,4,7,14,16-17H,3,5-6,8-12H2,1H3/t16-,17+/m0/s1. The molecule has 1 aromatic rings. The number of nitrogens with zero attached hydrogens (tertiary/aromatic N) is 3. The van der Waals surface area contributed by atoms with Gasteiger partial charge in [0.05, 0.1) is 5.69 Å². The van der Waals surface area contributed by atoms with Crippen LogP contribution in [0, 0.1) is 12.8 Å². The van der Waals surface area contributed by atoms with E-state index in [0.29, 0.717) is 23.9 Å². The maximum Gasteiger partial charge on any atom is 0.225 e. The molecule has 1 aliphatic carbocycles. The molecule has 2 atom stereocenters. The Bertz CT molecular complexity index is 569. The number of hydrogen-bond acceptors (Lipinski definition) is 3. The minimum atomic E-state index is 0.339. The molecule has 1 amide bonds. The Morgan fingerprint density at radius 2 is 2.00 bits per heavy atom. The average molecular weight is 299 g/mol. The van der Waals surface area contributed by atoms with E-state index in [-0.39, 0.29) is 0 Å². The Balaban J connectivity index is 1.42. The van der Waals surface area contributed by atoms with Gasteiger partial charge in [0.25, 0.3) is 0 Å². The number of amides is 1. The van der Waals surface area contributed by atoms with Crippen LogP contribution in [0.5, 0.6) is 0 Å². The van der Waals surface area contributed by atoms with Gasteiger partial charge in [0.15, 0.2) is 0 Å². The molecular formula is C18H25N3O. The van der Waals surface area contributed by atoms with Crippen molar-refractivity contribution < 1.29 is 4.79 Å². The largest absolute Gasteiger partial charge is 0.338 e. The second-order valence-corrected chi connectivity index (χ2v) is 7.11. The first-order chi connectivity index (χ1) is 10.7. The van der Waals surface area contributed by atoms with Gasteiger partial charge in [-0.3, -0.25) is 14.7 Å². The molecule has 1 saturated carbocycles. The first-order valence-corrected chi connectivity index (χ1v) is 8.69. The molecule has 0 spiro atoms. The summed E-state index contributed by atoms with van der Waals surface area (Å²) in [4.78, 5) is 22.0. The van der Waals surface area contributed by atoms with Crippen LogP contribution in [0.3, 0.4) is 0 Å². The Kier molecular flexibility index (Phi) is 3.65. The van der Waals surface area contributed by atoms with Crippen molar-refractivity contribution in [3.63, 3.8) is 0 Å². The quantitative estimate of drug-likeness (QED) is 0.860. The number of hydrogen-bond donors (Lipinski definition) is 0. The number of rotatable bonds is 3. The van der Waals surface area contributed by atoms with Crippen LogP contribution in [0.2, 0.25) is 0 Å². The number of aryl methyl sites for hydroxylation is 1. The van der Waals surface area contributed by atoms with Crippen molar-refractivity contribution in [2.24, 2.45) is 5.92 Å². The third-order valence-electron chi connectivity index (χ3n) is 5.74. The number of aromatic nitrogens is 1. The maximum atomic E-state index is 12.6. The molecule has 2 aliphatic heterocycles. The van der Waals surface area contributed by atoms with Crippen LogP contribution in [-0.4, -0.2) is 45.9 Å². The van der Waals surface area contributed by atoms with E-state index in [2.05, 4.69) is 26.9 Å². The monoisotopic (exact) mass is 299 g/mol. The lowest BCUT2D eigenvalue weighted by Gasteiger charge is -2.32. The highest BCUT2D eigenvalue weighted by atomic mass is 16.2. The van der Waals surface area contributed by atoms with E-state index in [9.17, 15) is 4.79 Å². The Labute approximate surface area is 132 Å². The van der Waals surface area contributed by atoms with Crippen LogP contribution in [0.15, 0.2) is 18.2 Å². The smallest absolute Gasteiger partial charge is 0.225 e. The molecule has 0 aromatic carbocycles. The highest BCUT2D eigenvalue weighted by molar-refractivity contribution is 5.80. The fraction of sp³-hybridized carbons (Fsp3) is 0.667. The SMILES string of the molecule is Cc1cccc(CN2CC[C@@H]3[C@@H]2CCN3C(=O)C2CCC2)n1. The molecule has 118 valence electrons. The molecule has 2 saturated heterocycles. The number of carbonyl (C=O) groups is 1. The van der Waals surface area contributed by atoms with Crippen LogP contribution in [-0.2, 0) is 11.3 Å². The molecule has 0 unspecified atom stereocenters. The predicted octanol–water partition coefficient (Wildman–Crippen LogP) is 2.37. The molecule has 0 N–H and O–H groups in total. The van der Waals surface area contributed by atoms with Crippen molar-refractivity contribution in [3.05, 3.63) is 29.6 Å². The third-order valence-corrected chi connectivity index (χ3v) is 5.74. The van der Waals surface area contributed by atoms with Crippen molar-refractivity contribution >= 4 is 5.91 Å². The van der Waals surface area contributed by atoms with Gasteiger partial charge in [-0.25, -0.2) is 0 Å². The summed E-state index contributed by atoms with van der Waals surface area (Å²) in [6.07, 6.45) is 5.74. The Morgan fingerprint density at radius 1 is 1.18 bits per heavy atom. The molecule has 3 fully saturated rings. The van der Waals surface area contributed by atoms with Gasteiger partial charge in [0.2, 0.25) is 5.91 Å². The molecule has 3 heterocycles. The van der Waals surface area contributed by atoms with Gasteiger partial charge in [-0.15, -0.1) is 0 Å². The fourth-order valence-electron chi connectivity index (χ4n) is 4.33. The van der Waals surface area contributed by atoms with E-state index in [1.165, 1.54) is 6.42 Å². The van der Waals surface area contributed by atoms with E-state index < -0.39 is 0 Å². The maximum absolute atomic E-state index is 12.6. The first-order valence-electron chi connectivity index (χ1n) is 8.69. The zero-order valence-corrected chi connectivity index (χ0v) is 13.4. The summed E-state index contributed by atoms with van der Waals surface area (Å²) < 4.78 is 0. The second-order valence-electron chi connectivity index (χ2n) is 7.11. The van der Waals surface area contributed by atoms with Crippen LogP contribution in [0.4, 0.5) is 0 Å². The van der Waals surface area contributed by atoms with Crippen LogP contribution in [0.25, 0.3) is 0 Å². The third kappa shape index (κ3) is 2.43. The molecule has 0 radical (unpaired) electrons. The highest BCUT2D eigenvalue weighted by Crippen LogP contribution is 2.36.